The van der Waals surface area contributed by atoms with Gasteiger partial charge in [-0.1, -0.05) is 0 Å². The Labute approximate surface area is 90.8 Å². The van der Waals surface area contributed by atoms with Gasteiger partial charge in [0.2, 0.25) is 3.83 Å². The largest absolute Gasteiger partial charge is 0.373 e. The Kier molecular flexibility index (Phi) is 2.83. The van der Waals surface area contributed by atoms with Crippen molar-refractivity contribution >= 4 is 22.6 Å². The van der Waals surface area contributed by atoms with E-state index >= 15 is 0 Å². The molecule has 2 rings (SSSR count). The molecule has 1 aromatic heterocycles. The number of ether oxygens (including phenoxy) is 1. The van der Waals surface area contributed by atoms with E-state index in [0.717, 1.165) is 23.2 Å². The quantitative estimate of drug-likeness (QED) is 0.775. The second-order valence-electron chi connectivity index (χ2n) is 3.38. The molecule has 5 heteroatoms. The summed E-state index contributed by atoms with van der Waals surface area (Å²) in [6.45, 7) is 2.95. The average Bonchev–Trinajstić information content (AvgIpc) is 2.62. The summed E-state index contributed by atoms with van der Waals surface area (Å²) in [5, 5.41) is 4.21. The van der Waals surface area contributed by atoms with Gasteiger partial charge in [0.05, 0.1) is 18.8 Å². The van der Waals surface area contributed by atoms with Gasteiger partial charge >= 0.3 is 0 Å². The van der Waals surface area contributed by atoms with E-state index in [1.807, 2.05) is 4.68 Å². The number of nitrogens with zero attached hydrogens (tertiary/aromatic N) is 3. The minimum absolute atomic E-state index is 0.326. The Bertz CT molecular complexity index is 289. The minimum Gasteiger partial charge on any atom is -0.373 e. The first-order valence-corrected chi connectivity index (χ1v) is 5.52. The molecule has 2 atom stereocenters. The Hall–Kier alpha value is -0.170. The maximum atomic E-state index is 5.68. The van der Waals surface area contributed by atoms with Crippen molar-refractivity contribution in [2.24, 2.45) is 0 Å². The van der Waals surface area contributed by atoms with E-state index in [1.165, 1.54) is 0 Å². The standard InChI is InChI=1S/C8H12IN3O/c1-6-2-3-7(13-6)4-12-5-10-8(9)11-12/h5-7H,2-4H2,1H3. The molecule has 0 spiro atoms. The van der Waals surface area contributed by atoms with Crippen LogP contribution >= 0.6 is 22.6 Å². The molecule has 0 aromatic carbocycles. The van der Waals surface area contributed by atoms with E-state index in [2.05, 4.69) is 39.6 Å². The zero-order chi connectivity index (χ0) is 9.26. The molecule has 0 aliphatic carbocycles. The summed E-state index contributed by atoms with van der Waals surface area (Å²) in [7, 11) is 0. The van der Waals surface area contributed by atoms with Crippen LogP contribution in [0.25, 0.3) is 0 Å². The van der Waals surface area contributed by atoms with Gasteiger partial charge in [-0.2, -0.15) is 0 Å². The highest BCUT2D eigenvalue weighted by Gasteiger charge is 2.22. The van der Waals surface area contributed by atoms with Gasteiger partial charge in [-0.3, -0.25) is 0 Å². The van der Waals surface area contributed by atoms with Gasteiger partial charge < -0.3 is 4.74 Å². The maximum Gasteiger partial charge on any atom is 0.211 e. The van der Waals surface area contributed by atoms with Crippen LogP contribution < -0.4 is 0 Å². The number of hydrogen-bond donors (Lipinski definition) is 0. The van der Waals surface area contributed by atoms with Crippen LogP contribution in [0.1, 0.15) is 19.8 Å². The van der Waals surface area contributed by atoms with Crippen LogP contribution in [0.3, 0.4) is 0 Å². The van der Waals surface area contributed by atoms with Crippen LogP contribution in [0, 0.1) is 3.83 Å². The molecule has 1 fully saturated rings. The third-order valence-corrected chi connectivity index (χ3v) is 2.71. The molecule has 2 unspecified atom stereocenters. The summed E-state index contributed by atoms with van der Waals surface area (Å²) in [6.07, 6.45) is 4.79. The van der Waals surface area contributed by atoms with Gasteiger partial charge in [0, 0.05) is 22.6 Å². The molecule has 1 aromatic rings. The Morgan fingerprint density at radius 1 is 1.69 bits per heavy atom. The molecular weight excluding hydrogens is 281 g/mol. The van der Waals surface area contributed by atoms with Crippen molar-refractivity contribution < 1.29 is 4.74 Å². The van der Waals surface area contributed by atoms with Crippen LogP contribution in [0.15, 0.2) is 6.33 Å². The van der Waals surface area contributed by atoms with Crippen molar-refractivity contribution in [3.8, 4) is 0 Å². The number of aromatic nitrogens is 3. The van der Waals surface area contributed by atoms with Crippen LogP contribution in [-0.2, 0) is 11.3 Å². The van der Waals surface area contributed by atoms with Crippen molar-refractivity contribution in [1.29, 1.82) is 0 Å². The molecule has 1 saturated heterocycles. The molecule has 0 radical (unpaired) electrons. The van der Waals surface area contributed by atoms with Gasteiger partial charge in [0.25, 0.3) is 0 Å². The van der Waals surface area contributed by atoms with Crippen molar-refractivity contribution in [3.05, 3.63) is 10.2 Å². The lowest BCUT2D eigenvalue weighted by molar-refractivity contribution is 0.0436. The molecule has 13 heavy (non-hydrogen) atoms. The summed E-state index contributed by atoms with van der Waals surface area (Å²) in [5.74, 6) is 0. The van der Waals surface area contributed by atoms with Crippen molar-refractivity contribution in [2.75, 3.05) is 0 Å². The Morgan fingerprint density at radius 2 is 2.54 bits per heavy atom. The number of rotatable bonds is 2. The van der Waals surface area contributed by atoms with Gasteiger partial charge in [-0.15, -0.1) is 5.10 Å². The molecule has 2 heterocycles. The second-order valence-corrected chi connectivity index (χ2v) is 4.35. The fourth-order valence-electron chi connectivity index (χ4n) is 1.59. The predicted molar refractivity (Wildman–Crippen MR) is 56.3 cm³/mol. The predicted octanol–water partition coefficient (Wildman–Crippen LogP) is 1.45. The van der Waals surface area contributed by atoms with E-state index < -0.39 is 0 Å². The summed E-state index contributed by atoms with van der Waals surface area (Å²) in [5.41, 5.74) is 0. The monoisotopic (exact) mass is 293 g/mol. The molecule has 1 aliphatic heterocycles. The summed E-state index contributed by atoms with van der Waals surface area (Å²) in [6, 6.07) is 0. The van der Waals surface area contributed by atoms with E-state index in [1.54, 1.807) is 6.33 Å². The van der Waals surface area contributed by atoms with Gasteiger partial charge in [-0.05, 0) is 19.8 Å². The second kappa shape index (κ2) is 3.91. The molecule has 4 nitrogen and oxygen atoms in total. The van der Waals surface area contributed by atoms with Crippen molar-refractivity contribution in [1.82, 2.24) is 14.8 Å². The lowest BCUT2D eigenvalue weighted by Crippen LogP contribution is -2.16. The Balaban J connectivity index is 1.91. The third kappa shape index (κ3) is 2.40. The van der Waals surface area contributed by atoms with E-state index in [-0.39, 0.29) is 0 Å². The highest BCUT2D eigenvalue weighted by Crippen LogP contribution is 2.19. The van der Waals surface area contributed by atoms with E-state index in [9.17, 15) is 0 Å². The first kappa shape index (κ1) is 9.39. The smallest absolute Gasteiger partial charge is 0.211 e. The van der Waals surface area contributed by atoms with Crippen molar-refractivity contribution in [2.45, 2.75) is 38.5 Å². The van der Waals surface area contributed by atoms with Gasteiger partial charge in [-0.25, -0.2) is 9.67 Å². The molecule has 0 bridgehead atoms. The lowest BCUT2D eigenvalue weighted by atomic mass is 10.2. The lowest BCUT2D eigenvalue weighted by Gasteiger charge is -2.09. The first-order valence-electron chi connectivity index (χ1n) is 4.44. The topological polar surface area (TPSA) is 39.9 Å². The highest BCUT2D eigenvalue weighted by atomic mass is 127. The zero-order valence-corrected chi connectivity index (χ0v) is 9.64. The maximum absolute atomic E-state index is 5.68. The van der Waals surface area contributed by atoms with E-state index in [4.69, 9.17) is 4.74 Å². The molecule has 1 aliphatic rings. The summed E-state index contributed by atoms with van der Waals surface area (Å²) >= 11 is 2.11. The number of hydrogen-bond acceptors (Lipinski definition) is 3. The molecule has 72 valence electrons. The minimum atomic E-state index is 0.326. The average molecular weight is 293 g/mol. The fourth-order valence-corrected chi connectivity index (χ4v) is 1.99. The molecule has 0 saturated carbocycles. The first-order chi connectivity index (χ1) is 6.24. The normalized spacial score (nSPS) is 28.2. The fraction of sp³-hybridized carbons (Fsp3) is 0.750. The van der Waals surface area contributed by atoms with Crippen LogP contribution in [0.5, 0.6) is 0 Å². The van der Waals surface area contributed by atoms with Crippen LogP contribution in [-0.4, -0.2) is 27.0 Å². The van der Waals surface area contributed by atoms with Crippen LogP contribution in [0.4, 0.5) is 0 Å². The Morgan fingerprint density at radius 3 is 3.08 bits per heavy atom. The SMILES string of the molecule is CC1CCC(Cn2cnc(I)n2)O1. The van der Waals surface area contributed by atoms with Crippen LogP contribution in [0.2, 0.25) is 0 Å². The highest BCUT2D eigenvalue weighted by molar-refractivity contribution is 14.1. The van der Waals surface area contributed by atoms with Crippen molar-refractivity contribution in [3.63, 3.8) is 0 Å². The summed E-state index contributed by atoms with van der Waals surface area (Å²) < 4.78 is 8.33. The molecule has 0 amide bonds. The van der Waals surface area contributed by atoms with Gasteiger partial charge in [0.1, 0.15) is 6.33 Å². The number of halogens is 1. The summed E-state index contributed by atoms with van der Waals surface area (Å²) in [4.78, 5) is 4.06. The molecular formula is C8H12IN3O. The molecule has 0 N–H and O–H groups in total. The third-order valence-electron chi connectivity index (χ3n) is 2.22. The van der Waals surface area contributed by atoms with Gasteiger partial charge in [0.15, 0.2) is 0 Å². The zero-order valence-electron chi connectivity index (χ0n) is 7.48. The van der Waals surface area contributed by atoms with E-state index in [0.29, 0.717) is 12.2 Å².